The van der Waals surface area contributed by atoms with E-state index in [0.717, 1.165) is 31.7 Å². The lowest BCUT2D eigenvalue weighted by molar-refractivity contribution is -0.133. The molecule has 0 aromatic heterocycles. The third-order valence-electron chi connectivity index (χ3n) is 5.34. The fourth-order valence-electron chi connectivity index (χ4n) is 3.89. The number of rotatable bonds is 4. The lowest BCUT2D eigenvalue weighted by atomic mass is 9.83. The number of hydrogen-bond donors (Lipinski definition) is 1. The van der Waals surface area contributed by atoms with Crippen LogP contribution in [0, 0.1) is 5.92 Å². The molecule has 0 aromatic rings. The summed E-state index contributed by atoms with van der Waals surface area (Å²) in [7, 11) is 0. The van der Waals surface area contributed by atoms with E-state index < -0.39 is 0 Å². The average molecular weight is 250 g/mol. The molecule has 3 heteroatoms. The largest absolute Gasteiger partial charge is 0.326 e. The third-order valence-corrected chi connectivity index (χ3v) is 5.34. The second-order valence-corrected chi connectivity index (χ2v) is 6.44. The molecule has 3 aliphatic rings. The van der Waals surface area contributed by atoms with Crippen molar-refractivity contribution in [2.24, 2.45) is 5.92 Å². The quantitative estimate of drug-likeness (QED) is 0.832. The van der Waals surface area contributed by atoms with Gasteiger partial charge in [0.1, 0.15) is 0 Å². The molecule has 1 spiro atoms. The highest BCUT2D eigenvalue weighted by Gasteiger charge is 2.51. The minimum Gasteiger partial charge on any atom is -0.326 e. The van der Waals surface area contributed by atoms with E-state index in [0.29, 0.717) is 12.1 Å². The summed E-state index contributed by atoms with van der Waals surface area (Å²) in [6, 6.07) is 0. The molecular formula is C15H26N2O. The van der Waals surface area contributed by atoms with E-state index in [1.54, 1.807) is 0 Å². The number of carbonyl (C=O) groups excluding carboxylic acids is 1. The molecule has 2 aliphatic carbocycles. The van der Waals surface area contributed by atoms with Crippen LogP contribution >= 0.6 is 0 Å². The Morgan fingerprint density at radius 3 is 2.56 bits per heavy atom. The third kappa shape index (κ3) is 1.97. The molecular weight excluding hydrogens is 224 g/mol. The van der Waals surface area contributed by atoms with Gasteiger partial charge in [-0.2, -0.15) is 0 Å². The van der Waals surface area contributed by atoms with Crippen molar-refractivity contribution in [1.82, 2.24) is 10.2 Å². The van der Waals surface area contributed by atoms with Gasteiger partial charge in [-0.3, -0.25) is 10.1 Å². The molecule has 0 bridgehead atoms. The summed E-state index contributed by atoms with van der Waals surface area (Å²) >= 11 is 0. The number of carbonyl (C=O) groups is 1. The van der Waals surface area contributed by atoms with Crippen LogP contribution < -0.4 is 5.32 Å². The van der Waals surface area contributed by atoms with Crippen LogP contribution in [0.4, 0.5) is 0 Å². The summed E-state index contributed by atoms with van der Waals surface area (Å²) in [4.78, 5) is 14.8. The first kappa shape index (κ1) is 12.5. The average Bonchev–Trinajstić information content (AvgIpc) is 2.88. The minimum atomic E-state index is -0.166. The minimum absolute atomic E-state index is 0.166. The molecule has 1 heterocycles. The maximum absolute atomic E-state index is 12.7. The fourth-order valence-corrected chi connectivity index (χ4v) is 3.89. The SMILES string of the molecule is CCC1NC2(CCCC2)C(=O)N1CCC1CCC1. The maximum Gasteiger partial charge on any atom is 0.244 e. The predicted molar refractivity (Wildman–Crippen MR) is 72.1 cm³/mol. The zero-order valence-corrected chi connectivity index (χ0v) is 11.6. The van der Waals surface area contributed by atoms with E-state index in [1.165, 1.54) is 38.5 Å². The summed E-state index contributed by atoms with van der Waals surface area (Å²) in [5.74, 6) is 1.31. The Morgan fingerprint density at radius 1 is 1.28 bits per heavy atom. The van der Waals surface area contributed by atoms with Crippen molar-refractivity contribution < 1.29 is 4.79 Å². The van der Waals surface area contributed by atoms with E-state index in [9.17, 15) is 4.79 Å². The molecule has 0 aromatic carbocycles. The lowest BCUT2D eigenvalue weighted by Gasteiger charge is -2.29. The van der Waals surface area contributed by atoms with Gasteiger partial charge in [-0.15, -0.1) is 0 Å². The van der Waals surface area contributed by atoms with Crippen LogP contribution in [0.2, 0.25) is 0 Å². The van der Waals surface area contributed by atoms with E-state index in [-0.39, 0.29) is 5.54 Å². The summed E-state index contributed by atoms with van der Waals surface area (Å²) < 4.78 is 0. The molecule has 18 heavy (non-hydrogen) atoms. The predicted octanol–water partition coefficient (Wildman–Crippen LogP) is 2.66. The topological polar surface area (TPSA) is 32.3 Å². The second-order valence-electron chi connectivity index (χ2n) is 6.44. The van der Waals surface area contributed by atoms with Crippen LogP contribution in [-0.4, -0.2) is 29.1 Å². The zero-order valence-electron chi connectivity index (χ0n) is 11.6. The highest BCUT2D eigenvalue weighted by atomic mass is 16.2. The van der Waals surface area contributed by atoms with Gasteiger partial charge in [-0.1, -0.05) is 39.0 Å². The van der Waals surface area contributed by atoms with Gasteiger partial charge in [0, 0.05) is 6.54 Å². The highest BCUT2D eigenvalue weighted by Crippen LogP contribution is 2.38. The van der Waals surface area contributed by atoms with E-state index in [1.807, 2.05) is 0 Å². The van der Waals surface area contributed by atoms with Gasteiger partial charge in [0.05, 0.1) is 11.7 Å². The van der Waals surface area contributed by atoms with Gasteiger partial charge in [-0.25, -0.2) is 0 Å². The van der Waals surface area contributed by atoms with E-state index >= 15 is 0 Å². The molecule has 1 aliphatic heterocycles. The zero-order chi connectivity index (χ0) is 12.6. The maximum atomic E-state index is 12.7. The van der Waals surface area contributed by atoms with Gasteiger partial charge in [-0.05, 0) is 31.6 Å². The number of hydrogen-bond acceptors (Lipinski definition) is 2. The van der Waals surface area contributed by atoms with Gasteiger partial charge in [0.15, 0.2) is 0 Å². The van der Waals surface area contributed by atoms with Crippen molar-refractivity contribution in [3.05, 3.63) is 0 Å². The molecule has 2 saturated carbocycles. The Balaban J connectivity index is 1.65. The Bertz CT molecular complexity index is 318. The number of amides is 1. The highest BCUT2D eigenvalue weighted by molar-refractivity contribution is 5.89. The summed E-state index contributed by atoms with van der Waals surface area (Å²) in [5, 5.41) is 3.65. The standard InChI is InChI=1S/C15H26N2O/c1-2-13-16-15(9-3-4-10-15)14(18)17(13)11-8-12-6-5-7-12/h12-13,16H,2-11H2,1H3. The van der Waals surface area contributed by atoms with Crippen molar-refractivity contribution in [2.75, 3.05) is 6.54 Å². The normalized spacial score (nSPS) is 31.3. The first-order valence-corrected chi connectivity index (χ1v) is 7.84. The summed E-state index contributed by atoms with van der Waals surface area (Å²) in [6.07, 6.45) is 11.3. The Morgan fingerprint density at radius 2 is 2.00 bits per heavy atom. The summed E-state index contributed by atoms with van der Waals surface area (Å²) in [6.45, 7) is 3.17. The molecule has 102 valence electrons. The van der Waals surface area contributed by atoms with Crippen molar-refractivity contribution in [1.29, 1.82) is 0 Å². The van der Waals surface area contributed by atoms with Crippen molar-refractivity contribution >= 4 is 5.91 Å². The number of nitrogens with zero attached hydrogens (tertiary/aromatic N) is 1. The van der Waals surface area contributed by atoms with Gasteiger partial charge in [0.25, 0.3) is 0 Å². The molecule has 1 unspecified atom stereocenters. The Labute approximate surface area is 110 Å². The van der Waals surface area contributed by atoms with Crippen LogP contribution in [0.15, 0.2) is 0 Å². The van der Waals surface area contributed by atoms with E-state index in [4.69, 9.17) is 0 Å². The molecule has 1 saturated heterocycles. The van der Waals surface area contributed by atoms with Crippen LogP contribution in [0.5, 0.6) is 0 Å². The lowest BCUT2D eigenvalue weighted by Crippen LogP contribution is -2.44. The molecule has 1 atom stereocenters. The molecule has 0 radical (unpaired) electrons. The van der Waals surface area contributed by atoms with Crippen molar-refractivity contribution in [2.45, 2.75) is 76.4 Å². The van der Waals surface area contributed by atoms with Gasteiger partial charge in [0.2, 0.25) is 5.91 Å². The summed E-state index contributed by atoms with van der Waals surface area (Å²) in [5.41, 5.74) is -0.166. The van der Waals surface area contributed by atoms with Crippen LogP contribution in [0.3, 0.4) is 0 Å². The first-order valence-electron chi connectivity index (χ1n) is 7.84. The molecule has 1 N–H and O–H groups in total. The monoisotopic (exact) mass is 250 g/mol. The smallest absolute Gasteiger partial charge is 0.244 e. The molecule has 3 fully saturated rings. The van der Waals surface area contributed by atoms with Crippen LogP contribution in [0.25, 0.3) is 0 Å². The Hall–Kier alpha value is -0.570. The number of nitrogens with one attached hydrogen (secondary N) is 1. The first-order chi connectivity index (χ1) is 8.75. The van der Waals surface area contributed by atoms with Crippen molar-refractivity contribution in [3.63, 3.8) is 0 Å². The second kappa shape index (κ2) is 4.84. The fraction of sp³-hybridized carbons (Fsp3) is 0.933. The van der Waals surface area contributed by atoms with Gasteiger partial charge < -0.3 is 4.90 Å². The Kier molecular flexibility index (Phi) is 3.35. The van der Waals surface area contributed by atoms with Crippen molar-refractivity contribution in [3.8, 4) is 0 Å². The van der Waals surface area contributed by atoms with Gasteiger partial charge >= 0.3 is 0 Å². The van der Waals surface area contributed by atoms with Crippen LogP contribution in [0.1, 0.15) is 64.7 Å². The molecule has 1 amide bonds. The molecule has 3 rings (SSSR count). The van der Waals surface area contributed by atoms with E-state index in [2.05, 4.69) is 17.1 Å². The molecule has 3 nitrogen and oxygen atoms in total. The van der Waals surface area contributed by atoms with Crippen LogP contribution in [-0.2, 0) is 4.79 Å².